The van der Waals surface area contributed by atoms with Crippen molar-refractivity contribution >= 4 is 18.1 Å². The summed E-state index contributed by atoms with van der Waals surface area (Å²) in [4.78, 5) is 24.7. The molecule has 1 heterocycles. The quantitative estimate of drug-likeness (QED) is 0.554. The fraction of sp³-hybridized carbons (Fsp3) is 0.600. The Balaban J connectivity index is 1.77. The van der Waals surface area contributed by atoms with E-state index in [9.17, 15) is 9.59 Å². The number of carbonyl (C=O) groups is 2. The van der Waals surface area contributed by atoms with Gasteiger partial charge in [-0.15, -0.1) is 0 Å². The van der Waals surface area contributed by atoms with Crippen LogP contribution in [-0.4, -0.2) is 55.7 Å². The lowest BCUT2D eigenvalue weighted by molar-refractivity contribution is -0.155. The number of carbonyl (C=O) groups excluding carboxylic acids is 2. The number of anilines is 1. The van der Waals surface area contributed by atoms with E-state index in [1.807, 2.05) is 26.8 Å². The van der Waals surface area contributed by atoms with Gasteiger partial charge in [0.05, 0.1) is 19.2 Å². The standard InChI is InChI=1S/C20H30N2O5/c1-20(2,3)27-19(24)9-12-22-10-7-15(8-11-22)26-16-5-6-17(21-14-23)18(13-16)25-4/h5-6,13-15H,7-12H2,1-4H3,(H,21,23). The SMILES string of the molecule is COc1cc(OC2CCN(CCC(=O)OC(C)(C)C)CC2)ccc1NC=O. The molecule has 1 aromatic carbocycles. The first-order valence-electron chi connectivity index (χ1n) is 9.30. The Kier molecular flexibility index (Phi) is 7.47. The molecule has 0 spiro atoms. The van der Waals surface area contributed by atoms with Gasteiger partial charge >= 0.3 is 5.97 Å². The number of methoxy groups -OCH3 is 1. The van der Waals surface area contributed by atoms with Crippen LogP contribution in [0.4, 0.5) is 5.69 Å². The Morgan fingerprint density at radius 3 is 2.59 bits per heavy atom. The molecule has 0 unspecified atom stereocenters. The second-order valence-electron chi connectivity index (χ2n) is 7.62. The third-order valence-electron chi connectivity index (χ3n) is 4.28. The maximum atomic E-state index is 11.8. The molecule has 0 saturated carbocycles. The van der Waals surface area contributed by atoms with Crippen molar-refractivity contribution in [3.05, 3.63) is 18.2 Å². The third-order valence-corrected chi connectivity index (χ3v) is 4.28. The predicted octanol–water partition coefficient (Wildman–Crippen LogP) is 2.84. The topological polar surface area (TPSA) is 77.1 Å². The molecule has 1 saturated heterocycles. The van der Waals surface area contributed by atoms with E-state index >= 15 is 0 Å². The van der Waals surface area contributed by atoms with Gasteiger partial charge in [-0.2, -0.15) is 0 Å². The van der Waals surface area contributed by atoms with E-state index < -0.39 is 5.60 Å². The van der Waals surface area contributed by atoms with Crippen molar-refractivity contribution in [3.63, 3.8) is 0 Å². The van der Waals surface area contributed by atoms with Crippen LogP contribution in [0.2, 0.25) is 0 Å². The molecule has 1 amide bonds. The van der Waals surface area contributed by atoms with Gasteiger partial charge in [-0.25, -0.2) is 0 Å². The van der Waals surface area contributed by atoms with Crippen molar-refractivity contribution in [3.8, 4) is 11.5 Å². The number of ether oxygens (including phenoxy) is 3. The molecule has 1 aliphatic rings. The number of nitrogens with zero attached hydrogens (tertiary/aromatic N) is 1. The van der Waals surface area contributed by atoms with E-state index in [2.05, 4.69) is 10.2 Å². The molecule has 1 aromatic rings. The number of hydrogen-bond acceptors (Lipinski definition) is 6. The molecule has 1 aliphatic heterocycles. The molecule has 0 radical (unpaired) electrons. The third kappa shape index (κ3) is 7.09. The number of nitrogens with one attached hydrogen (secondary N) is 1. The number of benzene rings is 1. The first-order chi connectivity index (χ1) is 12.8. The van der Waals surface area contributed by atoms with Gasteiger partial charge < -0.3 is 24.4 Å². The molecule has 0 atom stereocenters. The molecule has 1 N–H and O–H groups in total. The van der Waals surface area contributed by atoms with Crippen LogP contribution < -0.4 is 14.8 Å². The van der Waals surface area contributed by atoms with Gasteiger partial charge in [0.1, 0.15) is 23.2 Å². The molecule has 27 heavy (non-hydrogen) atoms. The van der Waals surface area contributed by atoms with Crippen LogP contribution in [-0.2, 0) is 14.3 Å². The van der Waals surface area contributed by atoms with E-state index in [-0.39, 0.29) is 12.1 Å². The lowest BCUT2D eigenvalue weighted by Crippen LogP contribution is -2.39. The molecule has 2 rings (SSSR count). The van der Waals surface area contributed by atoms with E-state index in [1.165, 1.54) is 0 Å². The van der Waals surface area contributed by atoms with Crippen LogP contribution in [0, 0.1) is 0 Å². The Bertz CT molecular complexity index is 634. The van der Waals surface area contributed by atoms with Crippen molar-refractivity contribution in [1.29, 1.82) is 0 Å². The van der Waals surface area contributed by atoms with Crippen LogP contribution in [0.1, 0.15) is 40.0 Å². The largest absolute Gasteiger partial charge is 0.494 e. The van der Waals surface area contributed by atoms with Crippen molar-refractivity contribution in [1.82, 2.24) is 4.90 Å². The second-order valence-corrected chi connectivity index (χ2v) is 7.62. The maximum absolute atomic E-state index is 11.8. The van der Waals surface area contributed by atoms with Crippen LogP contribution in [0.25, 0.3) is 0 Å². The summed E-state index contributed by atoms with van der Waals surface area (Å²) >= 11 is 0. The molecular weight excluding hydrogens is 348 g/mol. The zero-order valence-electron chi connectivity index (χ0n) is 16.6. The van der Waals surface area contributed by atoms with Gasteiger partial charge in [0, 0.05) is 25.7 Å². The number of rotatable bonds is 8. The molecule has 0 aliphatic carbocycles. The minimum absolute atomic E-state index is 0.123. The smallest absolute Gasteiger partial charge is 0.307 e. The van der Waals surface area contributed by atoms with E-state index in [0.717, 1.165) is 31.7 Å². The van der Waals surface area contributed by atoms with Crippen molar-refractivity contribution in [2.45, 2.75) is 51.7 Å². The van der Waals surface area contributed by atoms with Gasteiger partial charge in [0.15, 0.2) is 0 Å². The molecular formula is C20H30N2O5. The molecule has 0 bridgehead atoms. The summed E-state index contributed by atoms with van der Waals surface area (Å²) in [7, 11) is 1.55. The minimum atomic E-state index is -0.435. The summed E-state index contributed by atoms with van der Waals surface area (Å²) in [6, 6.07) is 5.36. The van der Waals surface area contributed by atoms with Crippen LogP contribution in [0.15, 0.2) is 18.2 Å². The van der Waals surface area contributed by atoms with E-state index in [0.29, 0.717) is 30.8 Å². The van der Waals surface area contributed by atoms with Gasteiger partial charge in [0.25, 0.3) is 0 Å². The number of likely N-dealkylation sites (tertiary alicyclic amines) is 1. The number of hydrogen-bond donors (Lipinski definition) is 1. The zero-order valence-corrected chi connectivity index (χ0v) is 16.6. The van der Waals surface area contributed by atoms with Gasteiger partial charge in [0.2, 0.25) is 6.41 Å². The highest BCUT2D eigenvalue weighted by atomic mass is 16.6. The van der Waals surface area contributed by atoms with Crippen molar-refractivity contribution in [2.75, 3.05) is 32.1 Å². The highest BCUT2D eigenvalue weighted by molar-refractivity contribution is 5.76. The molecule has 1 fully saturated rings. The van der Waals surface area contributed by atoms with Crippen LogP contribution in [0.5, 0.6) is 11.5 Å². The first kappa shape index (κ1) is 21.0. The molecule has 150 valence electrons. The van der Waals surface area contributed by atoms with E-state index in [1.54, 1.807) is 19.2 Å². The van der Waals surface area contributed by atoms with Gasteiger partial charge in [-0.3, -0.25) is 9.59 Å². The molecule has 0 aromatic heterocycles. The second kappa shape index (κ2) is 9.60. The maximum Gasteiger partial charge on any atom is 0.307 e. The fourth-order valence-corrected chi connectivity index (χ4v) is 3.01. The summed E-state index contributed by atoms with van der Waals surface area (Å²) < 4.78 is 16.7. The zero-order chi connectivity index (χ0) is 19.9. The Labute approximate surface area is 161 Å². The number of amides is 1. The lowest BCUT2D eigenvalue weighted by Gasteiger charge is -2.32. The monoisotopic (exact) mass is 378 g/mol. The Hall–Kier alpha value is -2.28. The minimum Gasteiger partial charge on any atom is -0.494 e. The van der Waals surface area contributed by atoms with E-state index in [4.69, 9.17) is 14.2 Å². The number of esters is 1. The first-order valence-corrected chi connectivity index (χ1v) is 9.30. The Morgan fingerprint density at radius 1 is 1.30 bits per heavy atom. The highest BCUT2D eigenvalue weighted by Crippen LogP contribution is 2.30. The number of piperidine rings is 1. The summed E-state index contributed by atoms with van der Waals surface area (Å²) in [5, 5.41) is 2.60. The summed E-state index contributed by atoms with van der Waals surface area (Å²) in [6.07, 6.45) is 2.93. The molecule has 7 heteroatoms. The predicted molar refractivity (Wildman–Crippen MR) is 103 cm³/mol. The average molecular weight is 378 g/mol. The van der Waals surface area contributed by atoms with Crippen molar-refractivity contribution < 1.29 is 23.8 Å². The molecule has 7 nitrogen and oxygen atoms in total. The van der Waals surface area contributed by atoms with Gasteiger partial charge in [-0.1, -0.05) is 0 Å². The summed E-state index contributed by atoms with van der Waals surface area (Å²) in [6.45, 7) is 8.12. The summed E-state index contributed by atoms with van der Waals surface area (Å²) in [5.74, 6) is 1.13. The van der Waals surface area contributed by atoms with Crippen LogP contribution >= 0.6 is 0 Å². The summed E-state index contributed by atoms with van der Waals surface area (Å²) in [5.41, 5.74) is 0.173. The fourth-order valence-electron chi connectivity index (χ4n) is 3.01. The normalized spacial score (nSPS) is 15.9. The van der Waals surface area contributed by atoms with Crippen molar-refractivity contribution in [2.24, 2.45) is 0 Å². The van der Waals surface area contributed by atoms with Gasteiger partial charge in [-0.05, 0) is 45.7 Å². The Morgan fingerprint density at radius 2 is 2.00 bits per heavy atom. The average Bonchev–Trinajstić information content (AvgIpc) is 2.61. The highest BCUT2D eigenvalue weighted by Gasteiger charge is 2.22. The lowest BCUT2D eigenvalue weighted by atomic mass is 10.1. The van der Waals surface area contributed by atoms with Crippen LogP contribution in [0.3, 0.4) is 0 Å².